The normalized spacial score (nSPS) is 13.7. The van der Waals surface area contributed by atoms with E-state index in [4.69, 9.17) is 17.0 Å². The zero-order valence-corrected chi connectivity index (χ0v) is 16.5. The van der Waals surface area contributed by atoms with Gasteiger partial charge >= 0.3 is 0 Å². The molecule has 142 valence electrons. The van der Waals surface area contributed by atoms with Crippen molar-refractivity contribution >= 4 is 23.2 Å². The average molecular weight is 375 g/mol. The van der Waals surface area contributed by atoms with Crippen LogP contribution < -0.4 is 15.4 Å². The Labute approximate surface area is 162 Å². The van der Waals surface area contributed by atoms with Crippen molar-refractivity contribution < 1.29 is 9.53 Å². The molecule has 1 aromatic carbocycles. The van der Waals surface area contributed by atoms with Gasteiger partial charge in [-0.15, -0.1) is 0 Å². The molecule has 0 spiro atoms. The number of carbonyl (C=O) groups excluding carboxylic acids is 1. The maximum absolute atomic E-state index is 12.5. The summed E-state index contributed by atoms with van der Waals surface area (Å²) < 4.78 is 5.77. The van der Waals surface area contributed by atoms with E-state index in [1.807, 2.05) is 18.2 Å². The molecule has 4 nitrogen and oxygen atoms in total. The molecule has 0 radical (unpaired) electrons. The molecule has 0 fully saturated rings. The topological polar surface area (TPSA) is 50.4 Å². The van der Waals surface area contributed by atoms with Gasteiger partial charge in [0.25, 0.3) is 5.91 Å². The van der Waals surface area contributed by atoms with Gasteiger partial charge in [0.05, 0.1) is 12.2 Å². The van der Waals surface area contributed by atoms with E-state index in [1.165, 1.54) is 31.3 Å². The fourth-order valence-corrected chi connectivity index (χ4v) is 3.19. The highest BCUT2D eigenvalue weighted by atomic mass is 32.1. The molecule has 26 heavy (non-hydrogen) atoms. The van der Waals surface area contributed by atoms with E-state index in [0.29, 0.717) is 23.0 Å². The van der Waals surface area contributed by atoms with E-state index >= 15 is 0 Å². The molecule has 0 aliphatic heterocycles. The van der Waals surface area contributed by atoms with Crippen LogP contribution in [0.2, 0.25) is 0 Å². The van der Waals surface area contributed by atoms with Gasteiger partial charge in [0.2, 0.25) is 0 Å². The van der Waals surface area contributed by atoms with E-state index in [0.717, 1.165) is 32.2 Å². The summed E-state index contributed by atoms with van der Waals surface area (Å²) in [5.41, 5.74) is 2.01. The molecular weight excluding hydrogens is 344 g/mol. The lowest BCUT2D eigenvalue weighted by molar-refractivity contribution is 0.0972. The van der Waals surface area contributed by atoms with Crippen LogP contribution in [-0.2, 0) is 0 Å². The van der Waals surface area contributed by atoms with Crippen molar-refractivity contribution in [2.75, 3.05) is 13.2 Å². The Morgan fingerprint density at radius 2 is 2.08 bits per heavy atom. The summed E-state index contributed by atoms with van der Waals surface area (Å²) in [4.78, 5) is 12.5. The summed E-state index contributed by atoms with van der Waals surface area (Å²) in [5.74, 6) is 0.377. The summed E-state index contributed by atoms with van der Waals surface area (Å²) in [6.45, 7) is 3.52. The van der Waals surface area contributed by atoms with Gasteiger partial charge in [-0.1, -0.05) is 43.5 Å². The van der Waals surface area contributed by atoms with Gasteiger partial charge in [0.1, 0.15) is 5.75 Å². The fourth-order valence-electron chi connectivity index (χ4n) is 3.00. The molecule has 1 amide bonds. The summed E-state index contributed by atoms with van der Waals surface area (Å²) in [7, 11) is 0. The number of amides is 1. The van der Waals surface area contributed by atoms with Gasteiger partial charge in [-0.25, -0.2) is 0 Å². The van der Waals surface area contributed by atoms with Crippen molar-refractivity contribution in [3.05, 3.63) is 41.5 Å². The molecule has 0 atom stereocenters. The van der Waals surface area contributed by atoms with Crippen LogP contribution in [0.15, 0.2) is 35.9 Å². The zero-order valence-electron chi connectivity index (χ0n) is 15.7. The number of unbranched alkanes of at least 4 members (excludes halogenated alkanes) is 2. The molecule has 2 rings (SSSR count). The highest BCUT2D eigenvalue weighted by molar-refractivity contribution is 7.80. The minimum atomic E-state index is -0.231. The van der Waals surface area contributed by atoms with Crippen LogP contribution in [0.4, 0.5) is 0 Å². The Bertz CT molecular complexity index is 628. The number of nitrogens with one attached hydrogen (secondary N) is 2. The quantitative estimate of drug-likeness (QED) is 0.372. The Balaban J connectivity index is 1.78. The second-order valence-electron chi connectivity index (χ2n) is 6.62. The lowest BCUT2D eigenvalue weighted by Gasteiger charge is -2.15. The molecule has 0 bridgehead atoms. The standard InChI is InChI=1S/C21H30N2O2S/c1-2-3-9-16-25-19-13-8-7-12-18(19)20(24)23-21(26)22-15-14-17-10-5-4-6-11-17/h7-8,10,12-13H,2-6,9,11,14-16H2,1H3,(H2,22,23,24,26). The van der Waals surface area contributed by atoms with Crippen molar-refractivity contribution in [1.29, 1.82) is 0 Å². The van der Waals surface area contributed by atoms with Gasteiger partial charge in [-0.05, 0) is 62.9 Å². The first kappa shape index (κ1) is 20.4. The molecule has 0 saturated carbocycles. The van der Waals surface area contributed by atoms with Crippen LogP contribution >= 0.6 is 12.2 Å². The number of rotatable bonds is 9. The van der Waals surface area contributed by atoms with E-state index in [1.54, 1.807) is 6.07 Å². The first-order valence-corrected chi connectivity index (χ1v) is 10.1. The smallest absolute Gasteiger partial charge is 0.261 e. The number of hydrogen-bond donors (Lipinski definition) is 2. The maximum atomic E-state index is 12.5. The Kier molecular flexibility index (Phi) is 9.18. The number of carbonyl (C=O) groups is 1. The lowest BCUT2D eigenvalue weighted by Crippen LogP contribution is -2.39. The largest absolute Gasteiger partial charge is 0.493 e. The molecule has 2 N–H and O–H groups in total. The monoisotopic (exact) mass is 374 g/mol. The molecule has 5 heteroatoms. The highest BCUT2D eigenvalue weighted by Crippen LogP contribution is 2.20. The number of thiocarbonyl (C=S) groups is 1. The first-order chi connectivity index (χ1) is 12.7. The minimum Gasteiger partial charge on any atom is -0.493 e. The first-order valence-electron chi connectivity index (χ1n) is 9.69. The van der Waals surface area contributed by atoms with Gasteiger partial charge < -0.3 is 10.1 Å². The van der Waals surface area contributed by atoms with E-state index in [9.17, 15) is 4.79 Å². The van der Waals surface area contributed by atoms with Crippen LogP contribution in [-0.4, -0.2) is 24.2 Å². The van der Waals surface area contributed by atoms with E-state index in [-0.39, 0.29) is 5.91 Å². The summed E-state index contributed by atoms with van der Waals surface area (Å²) >= 11 is 5.26. The zero-order chi connectivity index (χ0) is 18.6. The molecule has 1 aliphatic rings. The third-order valence-electron chi connectivity index (χ3n) is 4.48. The molecule has 1 aromatic rings. The number of ether oxygens (including phenoxy) is 1. The lowest BCUT2D eigenvalue weighted by atomic mass is 9.97. The predicted octanol–water partition coefficient (Wildman–Crippen LogP) is 4.75. The Morgan fingerprint density at radius 1 is 1.23 bits per heavy atom. The predicted molar refractivity (Wildman–Crippen MR) is 111 cm³/mol. The molecule has 1 aliphatic carbocycles. The van der Waals surface area contributed by atoms with Gasteiger partial charge in [0, 0.05) is 6.54 Å². The summed E-state index contributed by atoms with van der Waals surface area (Å²) in [5, 5.41) is 6.25. The van der Waals surface area contributed by atoms with Gasteiger partial charge in [-0.2, -0.15) is 0 Å². The third-order valence-corrected chi connectivity index (χ3v) is 4.73. The van der Waals surface area contributed by atoms with Crippen LogP contribution in [0, 0.1) is 0 Å². The minimum absolute atomic E-state index is 0.231. The van der Waals surface area contributed by atoms with E-state index < -0.39 is 0 Å². The highest BCUT2D eigenvalue weighted by Gasteiger charge is 2.13. The SMILES string of the molecule is CCCCCOc1ccccc1C(=O)NC(=S)NCCC1=CCCCC1. The van der Waals surface area contributed by atoms with Gasteiger partial charge in [0.15, 0.2) is 5.11 Å². The average Bonchev–Trinajstić information content (AvgIpc) is 2.66. The van der Waals surface area contributed by atoms with Crippen molar-refractivity contribution in [2.45, 2.75) is 58.3 Å². The molecule has 0 unspecified atom stereocenters. The van der Waals surface area contributed by atoms with Crippen LogP contribution in [0.3, 0.4) is 0 Å². The number of hydrogen-bond acceptors (Lipinski definition) is 3. The number of allylic oxidation sites excluding steroid dienone is 1. The number of benzene rings is 1. The molecular formula is C21H30N2O2S. The summed E-state index contributed by atoms with van der Waals surface area (Å²) in [6.07, 6.45) is 11.5. The Hall–Kier alpha value is -1.88. The number of para-hydroxylation sites is 1. The van der Waals surface area contributed by atoms with Crippen molar-refractivity contribution in [2.24, 2.45) is 0 Å². The van der Waals surface area contributed by atoms with Crippen LogP contribution in [0.25, 0.3) is 0 Å². The van der Waals surface area contributed by atoms with Crippen molar-refractivity contribution in [3.63, 3.8) is 0 Å². The maximum Gasteiger partial charge on any atom is 0.261 e. The van der Waals surface area contributed by atoms with Crippen LogP contribution in [0.5, 0.6) is 5.75 Å². The molecule has 0 heterocycles. The third kappa shape index (κ3) is 7.16. The van der Waals surface area contributed by atoms with E-state index in [2.05, 4.69) is 23.6 Å². The fraction of sp³-hybridized carbons (Fsp3) is 0.524. The van der Waals surface area contributed by atoms with Crippen molar-refractivity contribution in [1.82, 2.24) is 10.6 Å². The molecule has 0 aromatic heterocycles. The second kappa shape index (κ2) is 11.7. The Morgan fingerprint density at radius 3 is 2.85 bits per heavy atom. The van der Waals surface area contributed by atoms with Crippen LogP contribution in [0.1, 0.15) is 68.6 Å². The van der Waals surface area contributed by atoms with Gasteiger partial charge in [-0.3, -0.25) is 10.1 Å². The second-order valence-corrected chi connectivity index (χ2v) is 7.03. The molecule has 0 saturated heterocycles. The van der Waals surface area contributed by atoms with Crippen molar-refractivity contribution in [3.8, 4) is 5.75 Å². The summed E-state index contributed by atoms with van der Waals surface area (Å²) in [6, 6.07) is 7.30.